The van der Waals surface area contributed by atoms with Crippen molar-refractivity contribution < 1.29 is 19.5 Å². The van der Waals surface area contributed by atoms with Gasteiger partial charge in [0.25, 0.3) is 5.91 Å². The summed E-state index contributed by atoms with van der Waals surface area (Å²) in [4.78, 5) is 36.5. The van der Waals surface area contributed by atoms with Gasteiger partial charge in [0.05, 0.1) is 12.0 Å². The molecule has 2 aromatic carbocycles. The van der Waals surface area contributed by atoms with Crippen LogP contribution in [0, 0.1) is 5.92 Å². The van der Waals surface area contributed by atoms with E-state index in [2.05, 4.69) is 5.32 Å². The van der Waals surface area contributed by atoms with E-state index in [4.69, 9.17) is 0 Å². The molecule has 0 saturated heterocycles. The fourth-order valence-corrected chi connectivity index (χ4v) is 3.19. The van der Waals surface area contributed by atoms with E-state index >= 15 is 0 Å². The van der Waals surface area contributed by atoms with Gasteiger partial charge in [-0.25, -0.2) is 0 Å². The van der Waals surface area contributed by atoms with Crippen LogP contribution in [-0.2, 0) is 4.79 Å². The summed E-state index contributed by atoms with van der Waals surface area (Å²) >= 11 is 0. The monoisotopic (exact) mass is 336 g/mol. The average molecular weight is 336 g/mol. The number of carboxylic acid groups (broad SMARTS) is 1. The third-order valence-electron chi connectivity index (χ3n) is 4.29. The van der Waals surface area contributed by atoms with E-state index in [1.54, 1.807) is 42.5 Å². The summed E-state index contributed by atoms with van der Waals surface area (Å²) < 4.78 is 0. The number of nitrogens with one attached hydrogen (secondary N) is 1. The summed E-state index contributed by atoms with van der Waals surface area (Å²) in [5.74, 6) is -1.87. The van der Waals surface area contributed by atoms with Crippen molar-refractivity contribution in [1.29, 1.82) is 0 Å². The SMILES string of the molecule is CC(C)C[C@H](NC(=O)c1cccc2c1-c1ccccc1C2=O)C(=O)[O-]. The Labute approximate surface area is 145 Å². The average Bonchev–Trinajstić information content (AvgIpc) is 2.87. The van der Waals surface area contributed by atoms with Crippen molar-refractivity contribution in [3.63, 3.8) is 0 Å². The number of rotatable bonds is 5. The van der Waals surface area contributed by atoms with E-state index in [9.17, 15) is 19.5 Å². The van der Waals surface area contributed by atoms with Crippen molar-refractivity contribution in [2.75, 3.05) is 0 Å². The van der Waals surface area contributed by atoms with E-state index in [1.807, 2.05) is 13.8 Å². The van der Waals surface area contributed by atoms with Crippen LogP contribution in [0.25, 0.3) is 11.1 Å². The fourth-order valence-electron chi connectivity index (χ4n) is 3.19. The third kappa shape index (κ3) is 3.05. The van der Waals surface area contributed by atoms with Crippen LogP contribution in [0.1, 0.15) is 46.5 Å². The van der Waals surface area contributed by atoms with Crippen LogP contribution < -0.4 is 10.4 Å². The Kier molecular flexibility index (Phi) is 4.40. The van der Waals surface area contributed by atoms with Gasteiger partial charge < -0.3 is 15.2 Å². The second-order valence-electron chi connectivity index (χ2n) is 6.58. The Morgan fingerprint density at radius 3 is 2.28 bits per heavy atom. The lowest BCUT2D eigenvalue weighted by molar-refractivity contribution is -0.308. The molecule has 0 fully saturated rings. The van der Waals surface area contributed by atoms with Crippen molar-refractivity contribution in [3.8, 4) is 11.1 Å². The molecule has 0 heterocycles. The molecule has 0 spiro atoms. The summed E-state index contributed by atoms with van der Waals surface area (Å²) in [6.45, 7) is 3.74. The first-order valence-corrected chi connectivity index (χ1v) is 8.19. The van der Waals surface area contributed by atoms with E-state index in [-0.39, 0.29) is 18.1 Å². The highest BCUT2D eigenvalue weighted by atomic mass is 16.4. The number of aliphatic carboxylic acids is 1. The van der Waals surface area contributed by atoms with Crippen molar-refractivity contribution >= 4 is 17.7 Å². The largest absolute Gasteiger partial charge is 0.548 e. The van der Waals surface area contributed by atoms with Crippen LogP contribution in [0.2, 0.25) is 0 Å². The first-order chi connectivity index (χ1) is 11.9. The molecule has 0 saturated carbocycles. The van der Waals surface area contributed by atoms with E-state index in [0.29, 0.717) is 27.8 Å². The Bertz CT molecular complexity index is 870. The first-order valence-electron chi connectivity index (χ1n) is 8.19. The zero-order valence-corrected chi connectivity index (χ0v) is 14.0. The van der Waals surface area contributed by atoms with Gasteiger partial charge in [0.2, 0.25) is 0 Å². The molecule has 3 rings (SSSR count). The van der Waals surface area contributed by atoms with Crippen molar-refractivity contribution in [2.24, 2.45) is 5.92 Å². The van der Waals surface area contributed by atoms with Gasteiger partial charge in [0, 0.05) is 22.3 Å². The molecule has 128 valence electrons. The molecule has 1 amide bonds. The molecule has 0 aromatic heterocycles. The quantitative estimate of drug-likeness (QED) is 0.769. The predicted molar refractivity (Wildman–Crippen MR) is 91.0 cm³/mol. The Balaban J connectivity index is 2.00. The van der Waals surface area contributed by atoms with E-state index in [1.165, 1.54) is 0 Å². The van der Waals surface area contributed by atoms with Crippen LogP contribution in [-0.4, -0.2) is 23.7 Å². The number of hydrogen-bond donors (Lipinski definition) is 1. The van der Waals surface area contributed by atoms with Gasteiger partial charge in [0.1, 0.15) is 0 Å². The van der Waals surface area contributed by atoms with E-state index < -0.39 is 17.9 Å². The Morgan fingerprint density at radius 1 is 1.00 bits per heavy atom. The third-order valence-corrected chi connectivity index (χ3v) is 4.29. The highest BCUT2D eigenvalue weighted by Crippen LogP contribution is 2.38. The van der Waals surface area contributed by atoms with Crippen LogP contribution in [0.4, 0.5) is 0 Å². The normalized spacial score (nSPS) is 13.3. The fraction of sp³-hybridized carbons (Fsp3) is 0.250. The smallest absolute Gasteiger partial charge is 0.252 e. The predicted octanol–water partition coefficient (Wildman–Crippen LogP) is 1.79. The van der Waals surface area contributed by atoms with Crippen molar-refractivity contribution in [1.82, 2.24) is 5.32 Å². The molecule has 1 atom stereocenters. The molecule has 1 N–H and O–H groups in total. The Morgan fingerprint density at radius 2 is 1.64 bits per heavy atom. The molecule has 1 aliphatic rings. The molecule has 25 heavy (non-hydrogen) atoms. The molecule has 2 aromatic rings. The second kappa shape index (κ2) is 6.51. The summed E-state index contributed by atoms with van der Waals surface area (Å²) in [6.07, 6.45) is 0.276. The van der Waals surface area contributed by atoms with Gasteiger partial charge in [-0.3, -0.25) is 9.59 Å². The number of amides is 1. The van der Waals surface area contributed by atoms with Crippen LogP contribution >= 0.6 is 0 Å². The van der Waals surface area contributed by atoms with Gasteiger partial charge in [-0.05, 0) is 24.0 Å². The van der Waals surface area contributed by atoms with Gasteiger partial charge in [-0.2, -0.15) is 0 Å². The summed E-state index contributed by atoms with van der Waals surface area (Å²) in [7, 11) is 0. The molecule has 5 heteroatoms. The van der Waals surface area contributed by atoms with Crippen LogP contribution in [0.15, 0.2) is 42.5 Å². The molecule has 1 aliphatic carbocycles. The van der Waals surface area contributed by atoms with E-state index in [0.717, 1.165) is 0 Å². The maximum atomic E-state index is 12.7. The number of carboxylic acids is 1. The zero-order chi connectivity index (χ0) is 18.1. The number of fused-ring (bicyclic) bond motifs is 3. The highest BCUT2D eigenvalue weighted by molar-refractivity contribution is 6.24. The molecule has 5 nitrogen and oxygen atoms in total. The summed E-state index contributed by atoms with van der Waals surface area (Å²) in [5, 5.41) is 13.8. The zero-order valence-electron chi connectivity index (χ0n) is 14.0. The minimum Gasteiger partial charge on any atom is -0.548 e. The number of benzene rings is 2. The van der Waals surface area contributed by atoms with Crippen LogP contribution in [0.3, 0.4) is 0 Å². The second-order valence-corrected chi connectivity index (χ2v) is 6.58. The van der Waals surface area contributed by atoms with Crippen molar-refractivity contribution in [3.05, 3.63) is 59.2 Å². The standard InChI is InChI=1S/C20H19NO4/c1-11(2)10-16(20(24)25)21-19(23)15-9-5-8-14-17(15)12-6-3-4-7-13(12)18(14)22/h3-9,11,16H,10H2,1-2H3,(H,21,23)(H,24,25)/p-1/t16-/m0/s1. The molecule has 0 radical (unpaired) electrons. The molecular weight excluding hydrogens is 318 g/mol. The lowest BCUT2D eigenvalue weighted by Gasteiger charge is -2.22. The Hall–Kier alpha value is -2.95. The lowest BCUT2D eigenvalue weighted by Crippen LogP contribution is -2.48. The maximum Gasteiger partial charge on any atom is 0.252 e. The minimum atomic E-state index is -1.31. The topological polar surface area (TPSA) is 86.3 Å². The number of carbonyl (C=O) groups excluding carboxylic acids is 3. The number of ketones is 1. The van der Waals surface area contributed by atoms with Gasteiger partial charge >= 0.3 is 0 Å². The van der Waals surface area contributed by atoms with Gasteiger partial charge in [0.15, 0.2) is 5.78 Å². The lowest BCUT2D eigenvalue weighted by atomic mass is 9.98. The summed E-state index contributed by atoms with van der Waals surface area (Å²) in [5.41, 5.74) is 2.56. The molecule has 0 bridgehead atoms. The molecule has 0 unspecified atom stereocenters. The number of hydrogen-bond acceptors (Lipinski definition) is 4. The maximum absolute atomic E-state index is 12.7. The highest BCUT2D eigenvalue weighted by Gasteiger charge is 2.30. The molecular formula is C20H18NO4-. The summed E-state index contributed by atoms with van der Waals surface area (Å²) in [6, 6.07) is 10.9. The number of carbonyl (C=O) groups is 3. The van der Waals surface area contributed by atoms with Gasteiger partial charge in [-0.15, -0.1) is 0 Å². The minimum absolute atomic E-state index is 0.0898. The van der Waals surface area contributed by atoms with Crippen LogP contribution in [0.5, 0.6) is 0 Å². The van der Waals surface area contributed by atoms with Gasteiger partial charge in [-0.1, -0.05) is 50.2 Å². The first kappa shape index (κ1) is 16.9. The molecule has 0 aliphatic heterocycles. The van der Waals surface area contributed by atoms with Crippen molar-refractivity contribution in [2.45, 2.75) is 26.3 Å².